The molecule has 9 nitrogen and oxygen atoms in total. The van der Waals surface area contributed by atoms with Crippen molar-refractivity contribution in [1.82, 2.24) is 14.5 Å². The molecule has 1 saturated heterocycles. The third-order valence-corrected chi connectivity index (χ3v) is 6.55. The Morgan fingerprint density at radius 2 is 1.68 bits per heavy atom. The second-order valence-electron chi connectivity index (χ2n) is 7.03. The Hall–Kier alpha value is -2.95. The highest BCUT2D eigenvalue weighted by atomic mass is 32.2. The van der Waals surface area contributed by atoms with E-state index < -0.39 is 28.2 Å². The predicted octanol–water partition coefficient (Wildman–Crippen LogP) is 1.12. The molecule has 1 heterocycles. The highest BCUT2D eigenvalue weighted by Gasteiger charge is 2.44. The average Bonchev–Trinajstić information content (AvgIpc) is 2.78. The molecule has 0 saturated carbocycles. The first-order valence-electron chi connectivity index (χ1n) is 9.97. The maximum Gasteiger partial charge on any atom is 0.416 e. The van der Waals surface area contributed by atoms with Crippen LogP contribution in [0, 0.1) is 0 Å². The van der Waals surface area contributed by atoms with E-state index in [2.05, 4.69) is 5.32 Å². The van der Waals surface area contributed by atoms with Gasteiger partial charge >= 0.3 is 6.09 Å². The van der Waals surface area contributed by atoms with Crippen LogP contribution in [-0.4, -0.2) is 62.0 Å². The van der Waals surface area contributed by atoms with Crippen molar-refractivity contribution in [1.29, 1.82) is 0 Å². The summed E-state index contributed by atoms with van der Waals surface area (Å²) in [6, 6.07) is 17.1. The number of carbonyl (C=O) groups excluding carboxylic acids is 2. The molecule has 1 fully saturated rings. The normalized spacial score (nSPS) is 17.2. The van der Waals surface area contributed by atoms with Gasteiger partial charge in [0.2, 0.25) is 10.0 Å². The quantitative estimate of drug-likeness (QED) is 0.657. The standard InChI is InChI=1S/C21H26N4O5S/c22-12-13-23-19(26)20-24(21(27)30-18-10-5-2-6-11-18)14-7-15-25(20)31(28,29)16-17-8-3-1-4-9-17/h1-6,8-11,20H,7,12-16,22H2,(H,23,26). The number of ether oxygens (including phenoxy) is 1. The minimum absolute atomic E-state index is 0.116. The van der Waals surface area contributed by atoms with Gasteiger partial charge in [-0.25, -0.2) is 13.2 Å². The number of benzene rings is 2. The number of amides is 2. The Morgan fingerprint density at radius 1 is 1.03 bits per heavy atom. The van der Waals surface area contributed by atoms with Crippen LogP contribution in [0.1, 0.15) is 12.0 Å². The lowest BCUT2D eigenvalue weighted by Gasteiger charge is -2.41. The summed E-state index contributed by atoms with van der Waals surface area (Å²) in [4.78, 5) is 26.9. The molecular weight excluding hydrogens is 420 g/mol. The van der Waals surface area contributed by atoms with Crippen LogP contribution in [0.4, 0.5) is 4.79 Å². The summed E-state index contributed by atoms with van der Waals surface area (Å²) in [5.74, 6) is -0.597. The number of rotatable bonds is 7. The maximum absolute atomic E-state index is 13.2. The molecule has 0 bridgehead atoms. The van der Waals surface area contributed by atoms with Gasteiger partial charge in [-0.05, 0) is 24.1 Å². The minimum Gasteiger partial charge on any atom is -0.410 e. The van der Waals surface area contributed by atoms with Gasteiger partial charge in [0.15, 0.2) is 6.17 Å². The molecule has 0 aliphatic carbocycles. The van der Waals surface area contributed by atoms with E-state index in [-0.39, 0.29) is 31.9 Å². The average molecular weight is 447 g/mol. The second kappa shape index (κ2) is 10.4. The van der Waals surface area contributed by atoms with Crippen LogP contribution in [0.2, 0.25) is 0 Å². The summed E-state index contributed by atoms with van der Waals surface area (Å²) in [7, 11) is -3.90. The van der Waals surface area contributed by atoms with E-state index in [0.717, 1.165) is 9.21 Å². The zero-order chi connectivity index (χ0) is 22.3. The van der Waals surface area contributed by atoms with Crippen molar-refractivity contribution in [3.05, 3.63) is 66.2 Å². The molecule has 1 aliphatic heterocycles. The first-order chi connectivity index (χ1) is 14.9. The van der Waals surface area contributed by atoms with Crippen molar-refractivity contribution < 1.29 is 22.7 Å². The fraction of sp³-hybridized carbons (Fsp3) is 0.333. The van der Waals surface area contributed by atoms with E-state index in [1.807, 2.05) is 0 Å². The highest BCUT2D eigenvalue weighted by molar-refractivity contribution is 7.88. The fourth-order valence-electron chi connectivity index (χ4n) is 3.35. The van der Waals surface area contributed by atoms with Gasteiger partial charge in [-0.2, -0.15) is 4.31 Å². The molecule has 2 aromatic rings. The molecular formula is C21H26N4O5S. The van der Waals surface area contributed by atoms with Crippen LogP contribution in [0.5, 0.6) is 5.75 Å². The van der Waals surface area contributed by atoms with Crippen molar-refractivity contribution in [3.63, 3.8) is 0 Å². The summed E-state index contributed by atoms with van der Waals surface area (Å²) < 4.78 is 32.9. The predicted molar refractivity (Wildman–Crippen MR) is 115 cm³/mol. The van der Waals surface area contributed by atoms with Gasteiger partial charge in [-0.3, -0.25) is 9.69 Å². The molecule has 3 N–H and O–H groups in total. The monoisotopic (exact) mass is 446 g/mol. The van der Waals surface area contributed by atoms with Crippen molar-refractivity contribution in [2.45, 2.75) is 18.3 Å². The molecule has 166 valence electrons. The molecule has 2 amide bonds. The number of nitrogens with zero attached hydrogens (tertiary/aromatic N) is 2. The zero-order valence-corrected chi connectivity index (χ0v) is 17.8. The van der Waals surface area contributed by atoms with Crippen molar-refractivity contribution in [2.75, 3.05) is 26.2 Å². The van der Waals surface area contributed by atoms with Gasteiger partial charge in [0, 0.05) is 26.2 Å². The highest BCUT2D eigenvalue weighted by Crippen LogP contribution is 2.23. The van der Waals surface area contributed by atoms with Gasteiger partial charge in [-0.1, -0.05) is 48.5 Å². The minimum atomic E-state index is -3.90. The molecule has 10 heteroatoms. The van der Waals surface area contributed by atoms with E-state index in [1.165, 1.54) is 0 Å². The van der Waals surface area contributed by atoms with Gasteiger partial charge in [0.05, 0.1) is 5.75 Å². The SMILES string of the molecule is NCCNC(=O)C1N(C(=O)Oc2ccccc2)CCCN1S(=O)(=O)Cc1ccccc1. The van der Waals surface area contributed by atoms with E-state index in [4.69, 9.17) is 10.5 Å². The van der Waals surface area contributed by atoms with Gasteiger partial charge in [-0.15, -0.1) is 0 Å². The Bertz CT molecular complexity index is 985. The molecule has 0 spiro atoms. The van der Waals surface area contributed by atoms with Crippen LogP contribution in [0.25, 0.3) is 0 Å². The molecule has 31 heavy (non-hydrogen) atoms. The molecule has 0 aromatic heterocycles. The lowest BCUT2D eigenvalue weighted by molar-refractivity contribution is -0.131. The molecule has 1 aliphatic rings. The largest absolute Gasteiger partial charge is 0.416 e. The summed E-state index contributed by atoms with van der Waals surface area (Å²) in [6.07, 6.45) is -1.78. The lowest BCUT2D eigenvalue weighted by atomic mass is 10.2. The Balaban J connectivity index is 1.87. The van der Waals surface area contributed by atoms with Crippen LogP contribution in [0.15, 0.2) is 60.7 Å². The number of nitrogens with two attached hydrogens (primary N) is 1. The van der Waals surface area contributed by atoms with E-state index in [1.54, 1.807) is 60.7 Å². The molecule has 1 unspecified atom stereocenters. The molecule has 2 aromatic carbocycles. The van der Waals surface area contributed by atoms with Crippen molar-refractivity contribution >= 4 is 22.0 Å². The number of hydrogen-bond donors (Lipinski definition) is 2. The fourth-order valence-corrected chi connectivity index (χ4v) is 5.05. The van der Waals surface area contributed by atoms with Gasteiger partial charge < -0.3 is 15.8 Å². The summed E-state index contributed by atoms with van der Waals surface area (Å²) in [5.41, 5.74) is 6.06. The Morgan fingerprint density at radius 3 is 2.32 bits per heavy atom. The maximum atomic E-state index is 13.2. The van der Waals surface area contributed by atoms with E-state index >= 15 is 0 Å². The number of para-hydroxylation sites is 1. The second-order valence-corrected chi connectivity index (χ2v) is 8.96. The summed E-state index contributed by atoms with van der Waals surface area (Å²) >= 11 is 0. The molecule has 0 radical (unpaired) electrons. The van der Waals surface area contributed by atoms with E-state index in [0.29, 0.717) is 17.7 Å². The van der Waals surface area contributed by atoms with Gasteiger partial charge in [0.25, 0.3) is 5.91 Å². The van der Waals surface area contributed by atoms with Crippen LogP contribution < -0.4 is 15.8 Å². The van der Waals surface area contributed by atoms with Crippen molar-refractivity contribution in [3.8, 4) is 5.75 Å². The molecule has 1 atom stereocenters. The number of sulfonamides is 1. The topological polar surface area (TPSA) is 122 Å². The summed E-state index contributed by atoms with van der Waals surface area (Å²) in [6.45, 7) is 0.641. The summed E-state index contributed by atoms with van der Waals surface area (Å²) in [5, 5.41) is 2.60. The first kappa shape index (κ1) is 22.7. The third kappa shape index (κ3) is 5.81. The molecule has 3 rings (SSSR count). The Labute approximate surface area is 181 Å². The third-order valence-electron chi connectivity index (χ3n) is 4.76. The zero-order valence-electron chi connectivity index (χ0n) is 17.0. The van der Waals surface area contributed by atoms with Gasteiger partial charge in [0.1, 0.15) is 5.75 Å². The number of carbonyl (C=O) groups is 2. The first-order valence-corrected chi connectivity index (χ1v) is 11.6. The Kier molecular flexibility index (Phi) is 7.61. The van der Waals surface area contributed by atoms with Crippen LogP contribution in [0.3, 0.4) is 0 Å². The smallest absolute Gasteiger partial charge is 0.410 e. The van der Waals surface area contributed by atoms with Crippen molar-refractivity contribution in [2.24, 2.45) is 5.73 Å². The number of hydrogen-bond acceptors (Lipinski definition) is 6. The number of nitrogens with one attached hydrogen (secondary N) is 1. The van der Waals surface area contributed by atoms with E-state index in [9.17, 15) is 18.0 Å². The van der Waals surface area contributed by atoms with Crippen LogP contribution in [-0.2, 0) is 20.6 Å². The van der Waals surface area contributed by atoms with Crippen LogP contribution >= 0.6 is 0 Å². The lowest BCUT2D eigenvalue weighted by Crippen LogP contribution is -2.64.